The fraction of sp³-hybridized carbons (Fsp3) is 0.500. The van der Waals surface area contributed by atoms with Gasteiger partial charge in [-0.2, -0.15) is 0 Å². The maximum atomic E-state index is 14.1. The number of hydrogen-bond acceptors (Lipinski definition) is 4. The minimum Gasteiger partial charge on any atom is -0.381 e. The second kappa shape index (κ2) is 9.06. The first-order chi connectivity index (χ1) is 14.2. The number of ether oxygens (including phenoxy) is 2. The van der Waals surface area contributed by atoms with Crippen LogP contribution in [0.4, 0.5) is 0 Å². The number of aryl methyl sites for hydroxylation is 1. The van der Waals surface area contributed by atoms with Crippen LogP contribution >= 0.6 is 0 Å². The highest BCUT2D eigenvalue weighted by molar-refractivity contribution is 5.88. The van der Waals surface area contributed by atoms with Crippen LogP contribution in [0.5, 0.6) is 0 Å². The Labute approximate surface area is 173 Å². The van der Waals surface area contributed by atoms with E-state index >= 15 is 0 Å². The highest BCUT2D eigenvalue weighted by Gasteiger charge is 2.44. The van der Waals surface area contributed by atoms with Crippen molar-refractivity contribution in [3.8, 4) is 0 Å². The number of carbonyl (C=O) groups is 1. The number of benzene rings is 1. The van der Waals surface area contributed by atoms with Crippen molar-refractivity contribution in [3.05, 3.63) is 65.5 Å². The van der Waals surface area contributed by atoms with E-state index in [4.69, 9.17) is 9.47 Å². The fourth-order valence-corrected chi connectivity index (χ4v) is 4.53. The number of carbonyl (C=O) groups excluding carboxylic acids is 1. The first kappa shape index (κ1) is 20.0. The Balaban J connectivity index is 1.67. The van der Waals surface area contributed by atoms with Crippen LogP contribution in [0.2, 0.25) is 0 Å². The van der Waals surface area contributed by atoms with E-state index in [9.17, 15) is 4.79 Å². The minimum atomic E-state index is -0.544. The number of aromatic nitrogens is 1. The molecule has 2 fully saturated rings. The summed E-state index contributed by atoms with van der Waals surface area (Å²) >= 11 is 0. The summed E-state index contributed by atoms with van der Waals surface area (Å²) in [5.41, 5.74) is 2.64. The lowest BCUT2D eigenvalue weighted by molar-refractivity contribution is -0.143. The third-order valence-corrected chi connectivity index (χ3v) is 6.14. The summed E-state index contributed by atoms with van der Waals surface area (Å²) in [5, 5.41) is 0. The molecule has 4 rings (SSSR count). The largest absolute Gasteiger partial charge is 0.381 e. The monoisotopic (exact) mass is 394 g/mol. The van der Waals surface area contributed by atoms with Crippen molar-refractivity contribution in [2.75, 3.05) is 26.4 Å². The van der Waals surface area contributed by atoms with Crippen LogP contribution in [0.3, 0.4) is 0 Å². The van der Waals surface area contributed by atoms with Gasteiger partial charge in [-0.3, -0.25) is 9.78 Å². The molecule has 0 spiro atoms. The van der Waals surface area contributed by atoms with Crippen LogP contribution in [0.25, 0.3) is 0 Å². The first-order valence-electron chi connectivity index (χ1n) is 10.6. The van der Waals surface area contributed by atoms with Crippen LogP contribution in [0, 0.1) is 6.92 Å². The summed E-state index contributed by atoms with van der Waals surface area (Å²) in [6.45, 7) is 5.21. The average Bonchev–Trinajstić information content (AvgIpc) is 3.27. The molecule has 0 aliphatic carbocycles. The highest BCUT2D eigenvalue weighted by Crippen LogP contribution is 2.38. The van der Waals surface area contributed by atoms with E-state index in [-0.39, 0.29) is 12.0 Å². The summed E-state index contributed by atoms with van der Waals surface area (Å²) in [7, 11) is 0. The molecule has 2 aromatic rings. The van der Waals surface area contributed by atoms with Crippen LogP contribution in [0.1, 0.15) is 42.5 Å². The topological polar surface area (TPSA) is 51.7 Å². The molecule has 5 nitrogen and oxygen atoms in total. The van der Waals surface area contributed by atoms with Crippen molar-refractivity contribution in [2.45, 2.75) is 50.7 Å². The van der Waals surface area contributed by atoms with Crippen LogP contribution < -0.4 is 0 Å². The number of nitrogens with zero attached hydrogens (tertiary/aromatic N) is 2. The van der Waals surface area contributed by atoms with Gasteiger partial charge < -0.3 is 14.4 Å². The fourth-order valence-electron chi connectivity index (χ4n) is 4.53. The molecule has 1 aromatic carbocycles. The van der Waals surface area contributed by atoms with Gasteiger partial charge in [-0.15, -0.1) is 0 Å². The summed E-state index contributed by atoms with van der Waals surface area (Å²) in [6, 6.07) is 14.3. The molecule has 5 heteroatoms. The molecule has 2 aliphatic heterocycles. The Bertz CT molecular complexity index is 812. The number of rotatable bonds is 6. The van der Waals surface area contributed by atoms with E-state index < -0.39 is 5.41 Å². The van der Waals surface area contributed by atoms with Gasteiger partial charge in [0, 0.05) is 32.6 Å². The molecular formula is C24H30N2O3. The molecular weight excluding hydrogens is 364 g/mol. The highest BCUT2D eigenvalue weighted by atomic mass is 16.5. The van der Waals surface area contributed by atoms with E-state index in [0.717, 1.165) is 30.7 Å². The zero-order valence-electron chi connectivity index (χ0n) is 17.2. The van der Waals surface area contributed by atoms with Crippen LogP contribution in [-0.2, 0) is 26.2 Å². The molecule has 0 bridgehead atoms. The normalized spacial score (nSPS) is 21.1. The van der Waals surface area contributed by atoms with E-state index in [1.807, 2.05) is 23.1 Å². The van der Waals surface area contributed by atoms with Gasteiger partial charge in [0.05, 0.1) is 23.8 Å². The zero-order valence-corrected chi connectivity index (χ0v) is 17.2. The van der Waals surface area contributed by atoms with Crippen LogP contribution in [0.15, 0.2) is 48.7 Å². The van der Waals surface area contributed by atoms with Gasteiger partial charge in [-0.05, 0) is 50.3 Å². The van der Waals surface area contributed by atoms with Gasteiger partial charge in [0.1, 0.15) is 0 Å². The van der Waals surface area contributed by atoms with E-state index in [2.05, 4.69) is 36.2 Å². The Hall–Kier alpha value is -2.24. The van der Waals surface area contributed by atoms with E-state index in [1.54, 1.807) is 6.20 Å². The lowest BCUT2D eigenvalue weighted by Gasteiger charge is -2.41. The maximum Gasteiger partial charge on any atom is 0.233 e. The third kappa shape index (κ3) is 4.51. The van der Waals surface area contributed by atoms with Gasteiger partial charge in [0.25, 0.3) is 0 Å². The number of amides is 1. The quantitative estimate of drug-likeness (QED) is 0.751. The Morgan fingerprint density at radius 3 is 2.72 bits per heavy atom. The predicted molar refractivity (Wildman–Crippen MR) is 112 cm³/mol. The maximum absolute atomic E-state index is 14.1. The summed E-state index contributed by atoms with van der Waals surface area (Å²) in [4.78, 5) is 20.6. The van der Waals surface area contributed by atoms with E-state index in [0.29, 0.717) is 39.1 Å². The summed E-state index contributed by atoms with van der Waals surface area (Å²) < 4.78 is 11.5. The smallest absolute Gasteiger partial charge is 0.233 e. The SMILES string of the molecule is Cc1cccc(C2(C(=O)N(Cc3ccccn3)C[C@H]3CCCO3)CCOCC2)c1. The number of hydrogen-bond donors (Lipinski definition) is 0. The standard InChI is InChI=1S/C24H30N2O3/c1-19-6-4-7-20(16-19)24(10-14-28-15-11-24)23(27)26(18-22-9-5-13-29-22)17-21-8-2-3-12-25-21/h2-4,6-8,12,16,22H,5,9-11,13-15,17-18H2,1H3/t22-/m1/s1. The van der Waals surface area contributed by atoms with Gasteiger partial charge in [0.15, 0.2) is 0 Å². The zero-order chi connectivity index (χ0) is 20.1. The van der Waals surface area contributed by atoms with Crippen molar-refractivity contribution < 1.29 is 14.3 Å². The average molecular weight is 395 g/mol. The lowest BCUT2D eigenvalue weighted by atomic mass is 9.72. The van der Waals surface area contributed by atoms with Crippen molar-refractivity contribution in [2.24, 2.45) is 0 Å². The van der Waals surface area contributed by atoms with Gasteiger partial charge in [-0.1, -0.05) is 35.9 Å². The van der Waals surface area contributed by atoms with Crippen molar-refractivity contribution in [1.82, 2.24) is 9.88 Å². The van der Waals surface area contributed by atoms with Crippen molar-refractivity contribution in [1.29, 1.82) is 0 Å². The Morgan fingerprint density at radius 1 is 1.17 bits per heavy atom. The number of pyridine rings is 1. The molecule has 0 saturated carbocycles. The molecule has 2 saturated heterocycles. The second-order valence-electron chi connectivity index (χ2n) is 8.21. The van der Waals surface area contributed by atoms with Crippen molar-refractivity contribution >= 4 is 5.91 Å². The van der Waals surface area contributed by atoms with Crippen molar-refractivity contribution in [3.63, 3.8) is 0 Å². The lowest BCUT2D eigenvalue weighted by Crippen LogP contribution is -2.51. The summed E-state index contributed by atoms with van der Waals surface area (Å²) in [5.74, 6) is 0.174. The first-order valence-corrected chi connectivity index (χ1v) is 10.6. The molecule has 3 heterocycles. The molecule has 0 radical (unpaired) electrons. The Kier molecular flexibility index (Phi) is 6.26. The summed E-state index contributed by atoms with van der Waals surface area (Å²) in [6.07, 6.45) is 5.38. The molecule has 29 heavy (non-hydrogen) atoms. The molecule has 1 amide bonds. The Morgan fingerprint density at radius 2 is 2.03 bits per heavy atom. The van der Waals surface area contributed by atoms with E-state index in [1.165, 1.54) is 5.56 Å². The molecule has 0 N–H and O–H groups in total. The predicted octanol–water partition coefficient (Wildman–Crippen LogP) is 3.65. The van der Waals surface area contributed by atoms with Gasteiger partial charge >= 0.3 is 0 Å². The molecule has 0 unspecified atom stereocenters. The molecule has 1 atom stereocenters. The van der Waals surface area contributed by atoms with Crippen LogP contribution in [-0.4, -0.2) is 48.3 Å². The second-order valence-corrected chi connectivity index (χ2v) is 8.21. The molecule has 1 aromatic heterocycles. The molecule has 154 valence electrons. The van der Waals surface area contributed by atoms with Gasteiger partial charge in [0.2, 0.25) is 5.91 Å². The third-order valence-electron chi connectivity index (χ3n) is 6.14. The minimum absolute atomic E-state index is 0.108. The van der Waals surface area contributed by atoms with Gasteiger partial charge in [-0.25, -0.2) is 0 Å². The molecule has 2 aliphatic rings.